The summed E-state index contributed by atoms with van der Waals surface area (Å²) < 4.78 is 5.28. The van der Waals surface area contributed by atoms with Crippen molar-refractivity contribution in [2.45, 2.75) is 25.8 Å². The van der Waals surface area contributed by atoms with E-state index in [-0.39, 0.29) is 5.91 Å². The van der Waals surface area contributed by atoms with Crippen molar-refractivity contribution >= 4 is 5.91 Å². The molecule has 1 aromatic rings. The van der Waals surface area contributed by atoms with Gasteiger partial charge in [-0.2, -0.15) is 0 Å². The van der Waals surface area contributed by atoms with Gasteiger partial charge in [-0.05, 0) is 23.6 Å². The molecule has 1 atom stereocenters. The van der Waals surface area contributed by atoms with E-state index in [1.54, 1.807) is 26.2 Å². The van der Waals surface area contributed by atoms with E-state index in [0.29, 0.717) is 17.2 Å². The van der Waals surface area contributed by atoms with Gasteiger partial charge in [0.2, 0.25) is 0 Å². The Morgan fingerprint density at radius 1 is 1.37 bits per heavy atom. The molecule has 1 amide bonds. The lowest BCUT2D eigenvalue weighted by atomic mass is 9.97. The Balaban J connectivity index is 3.08. The first-order valence-electron chi connectivity index (χ1n) is 6.28. The van der Waals surface area contributed by atoms with Crippen molar-refractivity contribution in [3.05, 3.63) is 29.3 Å². The van der Waals surface area contributed by atoms with Crippen molar-refractivity contribution in [2.75, 3.05) is 21.2 Å². The van der Waals surface area contributed by atoms with Crippen LogP contribution in [0.2, 0.25) is 0 Å². The normalized spacial score (nSPS) is 12.6. The van der Waals surface area contributed by atoms with Crippen molar-refractivity contribution in [3.63, 3.8) is 0 Å². The molecule has 19 heavy (non-hydrogen) atoms. The van der Waals surface area contributed by atoms with Gasteiger partial charge >= 0.3 is 0 Å². The number of nitrogens with one attached hydrogen (secondary N) is 1. The third kappa shape index (κ3) is 3.94. The Morgan fingerprint density at radius 3 is 2.47 bits per heavy atom. The molecule has 106 valence electrons. The standard InChI is InChI=1S/C14H23N3O2/c1-9(2)10-6-7-12(19-5)11(8-10)13(15)14(18)16-17(3)4/h6-9,13H,15H2,1-5H3,(H,16,18). The molecule has 0 saturated carbocycles. The number of nitrogens with two attached hydrogens (primary N) is 1. The summed E-state index contributed by atoms with van der Waals surface area (Å²) in [4.78, 5) is 12.0. The van der Waals surface area contributed by atoms with Crippen molar-refractivity contribution in [2.24, 2.45) is 5.73 Å². The molecule has 0 spiro atoms. The second kappa shape index (κ2) is 6.54. The molecule has 5 heteroatoms. The lowest BCUT2D eigenvalue weighted by molar-refractivity contribution is -0.126. The minimum Gasteiger partial charge on any atom is -0.496 e. The molecular weight excluding hydrogens is 242 g/mol. The summed E-state index contributed by atoms with van der Waals surface area (Å²) in [6, 6.07) is 5.02. The number of methoxy groups -OCH3 is 1. The lowest BCUT2D eigenvalue weighted by Gasteiger charge is -2.20. The number of carbonyl (C=O) groups is 1. The van der Waals surface area contributed by atoms with Crippen LogP contribution in [0, 0.1) is 0 Å². The van der Waals surface area contributed by atoms with Gasteiger partial charge in [0, 0.05) is 19.7 Å². The molecule has 1 unspecified atom stereocenters. The second-order valence-corrected chi connectivity index (χ2v) is 5.00. The van der Waals surface area contributed by atoms with E-state index in [4.69, 9.17) is 10.5 Å². The smallest absolute Gasteiger partial charge is 0.255 e. The Labute approximate surface area is 114 Å². The molecule has 0 aliphatic rings. The number of ether oxygens (including phenoxy) is 1. The number of amides is 1. The summed E-state index contributed by atoms with van der Waals surface area (Å²) >= 11 is 0. The maximum Gasteiger partial charge on any atom is 0.255 e. The van der Waals surface area contributed by atoms with E-state index in [1.165, 1.54) is 0 Å². The molecule has 1 rings (SSSR count). The topological polar surface area (TPSA) is 67.6 Å². The van der Waals surface area contributed by atoms with E-state index in [1.807, 2.05) is 18.2 Å². The molecule has 3 N–H and O–H groups in total. The first-order valence-corrected chi connectivity index (χ1v) is 6.28. The zero-order chi connectivity index (χ0) is 14.6. The zero-order valence-corrected chi connectivity index (χ0v) is 12.2. The van der Waals surface area contributed by atoms with Crippen LogP contribution in [-0.4, -0.2) is 32.1 Å². The highest BCUT2D eigenvalue weighted by Gasteiger charge is 2.21. The number of hydrogen-bond donors (Lipinski definition) is 2. The number of nitrogens with zero attached hydrogens (tertiary/aromatic N) is 1. The number of carbonyl (C=O) groups excluding carboxylic acids is 1. The van der Waals surface area contributed by atoms with Crippen LogP contribution in [0.5, 0.6) is 5.75 Å². The summed E-state index contributed by atoms with van der Waals surface area (Å²) in [7, 11) is 5.06. The molecular formula is C14H23N3O2. The molecule has 0 heterocycles. The molecule has 0 bridgehead atoms. The third-order valence-electron chi connectivity index (χ3n) is 2.87. The first-order chi connectivity index (χ1) is 8.86. The van der Waals surface area contributed by atoms with Gasteiger partial charge in [-0.3, -0.25) is 10.2 Å². The van der Waals surface area contributed by atoms with Gasteiger partial charge in [-0.1, -0.05) is 19.9 Å². The highest BCUT2D eigenvalue weighted by atomic mass is 16.5. The molecule has 0 aliphatic heterocycles. The largest absolute Gasteiger partial charge is 0.496 e. The Kier molecular flexibility index (Phi) is 5.32. The van der Waals surface area contributed by atoms with Gasteiger partial charge in [0.05, 0.1) is 7.11 Å². The predicted molar refractivity (Wildman–Crippen MR) is 75.8 cm³/mol. The molecule has 0 aliphatic carbocycles. The lowest BCUT2D eigenvalue weighted by Crippen LogP contribution is -2.42. The van der Waals surface area contributed by atoms with Crippen LogP contribution < -0.4 is 15.9 Å². The second-order valence-electron chi connectivity index (χ2n) is 5.00. The first kappa shape index (κ1) is 15.5. The minimum absolute atomic E-state index is 0.260. The van der Waals surface area contributed by atoms with Crippen LogP contribution >= 0.6 is 0 Å². The predicted octanol–water partition coefficient (Wildman–Crippen LogP) is 1.41. The molecule has 0 saturated heterocycles. The number of hydrogen-bond acceptors (Lipinski definition) is 4. The Morgan fingerprint density at radius 2 is 2.00 bits per heavy atom. The van der Waals surface area contributed by atoms with Gasteiger partial charge in [-0.25, -0.2) is 5.01 Å². The van der Waals surface area contributed by atoms with Gasteiger partial charge in [-0.15, -0.1) is 0 Å². The third-order valence-corrected chi connectivity index (χ3v) is 2.87. The maximum atomic E-state index is 12.0. The highest BCUT2D eigenvalue weighted by Crippen LogP contribution is 2.28. The number of hydrazine groups is 1. The van der Waals surface area contributed by atoms with E-state index < -0.39 is 6.04 Å². The summed E-state index contributed by atoms with van der Waals surface area (Å²) in [5, 5.41) is 1.57. The van der Waals surface area contributed by atoms with Crippen LogP contribution in [0.3, 0.4) is 0 Å². The van der Waals surface area contributed by atoms with Crippen LogP contribution in [0.15, 0.2) is 18.2 Å². The average molecular weight is 265 g/mol. The molecule has 1 aromatic carbocycles. The van der Waals surface area contributed by atoms with Crippen molar-refractivity contribution in [1.29, 1.82) is 0 Å². The SMILES string of the molecule is COc1ccc(C(C)C)cc1C(N)C(=O)NN(C)C. The van der Waals surface area contributed by atoms with Crippen molar-refractivity contribution in [1.82, 2.24) is 10.4 Å². The van der Waals surface area contributed by atoms with Gasteiger partial charge in [0.1, 0.15) is 11.8 Å². The summed E-state index contributed by atoms with van der Waals surface area (Å²) in [5.74, 6) is 0.740. The molecule has 0 radical (unpaired) electrons. The zero-order valence-electron chi connectivity index (χ0n) is 12.2. The van der Waals surface area contributed by atoms with Gasteiger partial charge in [0.15, 0.2) is 0 Å². The van der Waals surface area contributed by atoms with Crippen LogP contribution in [-0.2, 0) is 4.79 Å². The van der Waals surface area contributed by atoms with Crippen molar-refractivity contribution in [3.8, 4) is 5.75 Å². The summed E-state index contributed by atoms with van der Waals surface area (Å²) in [6.07, 6.45) is 0. The van der Waals surface area contributed by atoms with Crippen LogP contribution in [0.4, 0.5) is 0 Å². The fourth-order valence-corrected chi connectivity index (χ4v) is 1.79. The molecule has 0 aromatic heterocycles. The number of benzene rings is 1. The maximum absolute atomic E-state index is 12.0. The summed E-state index contributed by atoms with van der Waals surface area (Å²) in [5.41, 5.74) is 10.5. The Bertz CT molecular complexity index is 444. The Hall–Kier alpha value is -1.59. The fraction of sp³-hybridized carbons (Fsp3) is 0.500. The van der Waals surface area contributed by atoms with E-state index in [0.717, 1.165) is 5.56 Å². The van der Waals surface area contributed by atoms with E-state index in [2.05, 4.69) is 19.3 Å². The monoisotopic (exact) mass is 265 g/mol. The highest BCUT2D eigenvalue weighted by molar-refractivity contribution is 5.83. The molecule has 0 fully saturated rings. The fourth-order valence-electron chi connectivity index (χ4n) is 1.79. The van der Waals surface area contributed by atoms with Gasteiger partial charge < -0.3 is 10.5 Å². The van der Waals surface area contributed by atoms with Crippen LogP contribution in [0.1, 0.15) is 36.9 Å². The van der Waals surface area contributed by atoms with E-state index >= 15 is 0 Å². The van der Waals surface area contributed by atoms with Crippen molar-refractivity contribution < 1.29 is 9.53 Å². The number of rotatable bonds is 5. The molecule has 5 nitrogen and oxygen atoms in total. The quantitative estimate of drug-likeness (QED) is 0.790. The summed E-state index contributed by atoms with van der Waals surface area (Å²) in [6.45, 7) is 4.19. The average Bonchev–Trinajstić information content (AvgIpc) is 2.36. The van der Waals surface area contributed by atoms with Crippen LogP contribution in [0.25, 0.3) is 0 Å². The minimum atomic E-state index is -0.754. The van der Waals surface area contributed by atoms with Gasteiger partial charge in [0.25, 0.3) is 5.91 Å². The van der Waals surface area contributed by atoms with E-state index in [9.17, 15) is 4.79 Å².